The van der Waals surface area contributed by atoms with Crippen molar-refractivity contribution in [1.82, 2.24) is 4.57 Å². The second kappa shape index (κ2) is 6.88. The van der Waals surface area contributed by atoms with Gasteiger partial charge >= 0.3 is 0 Å². The van der Waals surface area contributed by atoms with E-state index in [2.05, 4.69) is 5.32 Å². The van der Waals surface area contributed by atoms with Gasteiger partial charge in [0.2, 0.25) is 0 Å². The number of nitrogens with one attached hydrogen (secondary N) is 1. The molecule has 3 rings (SSSR count). The van der Waals surface area contributed by atoms with E-state index in [1.807, 2.05) is 35.2 Å². The van der Waals surface area contributed by atoms with Gasteiger partial charge in [0.15, 0.2) is 0 Å². The fourth-order valence-corrected chi connectivity index (χ4v) is 2.42. The molecule has 0 unspecified atom stereocenters. The molecule has 0 saturated heterocycles. The summed E-state index contributed by atoms with van der Waals surface area (Å²) >= 11 is 0. The Morgan fingerprint density at radius 1 is 1.12 bits per heavy atom. The van der Waals surface area contributed by atoms with Crippen molar-refractivity contribution in [1.29, 1.82) is 0 Å². The van der Waals surface area contributed by atoms with Crippen molar-refractivity contribution < 1.29 is 14.5 Å². The smallest absolute Gasteiger partial charge is 0.271 e. The predicted octanol–water partition coefficient (Wildman–Crippen LogP) is 3.65. The van der Waals surface area contributed by atoms with Gasteiger partial charge in [0, 0.05) is 35.8 Å². The highest BCUT2D eigenvalue weighted by molar-refractivity contribution is 6.05. The molecule has 0 aliphatic carbocycles. The Morgan fingerprint density at radius 2 is 1.88 bits per heavy atom. The van der Waals surface area contributed by atoms with Gasteiger partial charge in [0.25, 0.3) is 11.6 Å². The SMILES string of the molecule is COc1ccc([N+](=O)[O-])cc1NC(=O)c1cccc(-n2cccc2)c1. The number of hydrogen-bond donors (Lipinski definition) is 1. The Bertz CT molecular complexity index is 920. The molecule has 7 nitrogen and oxygen atoms in total. The molecule has 0 fully saturated rings. The Balaban J connectivity index is 1.89. The number of anilines is 1. The van der Waals surface area contributed by atoms with Crippen LogP contribution in [0.2, 0.25) is 0 Å². The summed E-state index contributed by atoms with van der Waals surface area (Å²) in [6.45, 7) is 0. The molecular formula is C18H15N3O4. The summed E-state index contributed by atoms with van der Waals surface area (Å²) in [6.07, 6.45) is 3.75. The van der Waals surface area contributed by atoms with Crippen molar-refractivity contribution in [3.63, 3.8) is 0 Å². The number of nitro benzene ring substituents is 1. The van der Waals surface area contributed by atoms with E-state index in [1.54, 1.807) is 18.2 Å². The van der Waals surface area contributed by atoms with Gasteiger partial charge in [-0.05, 0) is 36.4 Å². The number of non-ortho nitro benzene ring substituents is 1. The van der Waals surface area contributed by atoms with E-state index < -0.39 is 4.92 Å². The van der Waals surface area contributed by atoms with Crippen molar-refractivity contribution in [2.24, 2.45) is 0 Å². The molecule has 25 heavy (non-hydrogen) atoms. The first-order chi connectivity index (χ1) is 12.1. The first-order valence-electron chi connectivity index (χ1n) is 7.45. The molecule has 1 heterocycles. The normalized spacial score (nSPS) is 10.3. The summed E-state index contributed by atoms with van der Waals surface area (Å²) in [4.78, 5) is 22.9. The molecule has 7 heteroatoms. The fourth-order valence-electron chi connectivity index (χ4n) is 2.42. The average Bonchev–Trinajstić information content (AvgIpc) is 3.16. The monoisotopic (exact) mass is 337 g/mol. The molecule has 0 aliphatic heterocycles. The summed E-state index contributed by atoms with van der Waals surface area (Å²) in [5.74, 6) is -0.0340. The lowest BCUT2D eigenvalue weighted by atomic mass is 10.1. The number of amides is 1. The van der Waals surface area contributed by atoms with Crippen LogP contribution in [0.1, 0.15) is 10.4 Å². The van der Waals surface area contributed by atoms with Gasteiger partial charge in [-0.25, -0.2) is 0 Å². The summed E-state index contributed by atoms with van der Waals surface area (Å²) in [5, 5.41) is 13.6. The Kier molecular flexibility index (Phi) is 4.47. The van der Waals surface area contributed by atoms with Crippen molar-refractivity contribution in [2.75, 3.05) is 12.4 Å². The van der Waals surface area contributed by atoms with Gasteiger partial charge in [-0.3, -0.25) is 14.9 Å². The third-order valence-electron chi connectivity index (χ3n) is 3.65. The molecule has 2 aromatic carbocycles. The molecule has 1 N–H and O–H groups in total. The number of hydrogen-bond acceptors (Lipinski definition) is 4. The van der Waals surface area contributed by atoms with Crippen molar-refractivity contribution in [2.45, 2.75) is 0 Å². The molecule has 1 amide bonds. The Hall–Kier alpha value is -3.61. The average molecular weight is 337 g/mol. The highest BCUT2D eigenvalue weighted by atomic mass is 16.6. The van der Waals surface area contributed by atoms with Crippen LogP contribution in [0.25, 0.3) is 5.69 Å². The topological polar surface area (TPSA) is 86.4 Å². The van der Waals surface area contributed by atoms with E-state index in [4.69, 9.17) is 4.74 Å². The second-order valence-electron chi connectivity index (χ2n) is 5.24. The third-order valence-corrected chi connectivity index (χ3v) is 3.65. The Labute approximate surface area is 143 Å². The molecule has 0 spiro atoms. The number of nitro groups is 1. The number of ether oxygens (including phenoxy) is 1. The van der Waals surface area contributed by atoms with E-state index in [-0.39, 0.29) is 17.3 Å². The zero-order valence-electron chi connectivity index (χ0n) is 13.4. The molecule has 0 aliphatic rings. The molecule has 0 bridgehead atoms. The van der Waals surface area contributed by atoms with Gasteiger partial charge in [-0.2, -0.15) is 0 Å². The van der Waals surface area contributed by atoms with E-state index in [1.165, 1.54) is 25.3 Å². The molecule has 1 aromatic heterocycles. The largest absolute Gasteiger partial charge is 0.495 e. The molecular weight excluding hydrogens is 322 g/mol. The van der Waals surface area contributed by atoms with Crippen LogP contribution >= 0.6 is 0 Å². The van der Waals surface area contributed by atoms with Gasteiger partial charge in [-0.15, -0.1) is 0 Å². The summed E-state index contributed by atoms with van der Waals surface area (Å²) in [6, 6.07) is 14.9. The van der Waals surface area contributed by atoms with Crippen LogP contribution < -0.4 is 10.1 Å². The summed E-state index contributed by atoms with van der Waals surface area (Å²) < 4.78 is 7.04. The maximum atomic E-state index is 12.5. The first-order valence-corrected chi connectivity index (χ1v) is 7.45. The molecule has 126 valence electrons. The highest BCUT2D eigenvalue weighted by Crippen LogP contribution is 2.29. The number of methoxy groups -OCH3 is 1. The van der Waals surface area contributed by atoms with Gasteiger partial charge < -0.3 is 14.6 Å². The molecule has 0 saturated carbocycles. The van der Waals surface area contributed by atoms with Crippen LogP contribution in [0.5, 0.6) is 5.75 Å². The van der Waals surface area contributed by atoms with Crippen LogP contribution in [0.3, 0.4) is 0 Å². The zero-order chi connectivity index (χ0) is 17.8. The zero-order valence-corrected chi connectivity index (χ0v) is 13.4. The fraction of sp³-hybridized carbons (Fsp3) is 0.0556. The van der Waals surface area contributed by atoms with Crippen molar-refractivity contribution in [3.05, 3.63) is 82.7 Å². The van der Waals surface area contributed by atoms with Crippen LogP contribution in [0.15, 0.2) is 67.0 Å². The van der Waals surface area contributed by atoms with E-state index in [0.717, 1.165) is 5.69 Å². The summed E-state index contributed by atoms with van der Waals surface area (Å²) in [5.41, 5.74) is 1.38. The van der Waals surface area contributed by atoms with Crippen molar-refractivity contribution >= 4 is 17.3 Å². The molecule has 3 aromatic rings. The van der Waals surface area contributed by atoms with Crippen LogP contribution in [-0.4, -0.2) is 22.5 Å². The lowest BCUT2D eigenvalue weighted by Gasteiger charge is -2.11. The lowest BCUT2D eigenvalue weighted by Crippen LogP contribution is -2.13. The number of rotatable bonds is 5. The number of carbonyl (C=O) groups is 1. The maximum Gasteiger partial charge on any atom is 0.271 e. The highest BCUT2D eigenvalue weighted by Gasteiger charge is 2.15. The van der Waals surface area contributed by atoms with Gasteiger partial charge in [0.05, 0.1) is 17.7 Å². The number of benzene rings is 2. The Morgan fingerprint density at radius 3 is 2.56 bits per heavy atom. The van der Waals surface area contributed by atoms with Gasteiger partial charge in [0.1, 0.15) is 5.75 Å². The number of carbonyl (C=O) groups excluding carboxylic acids is 1. The number of aromatic nitrogens is 1. The minimum atomic E-state index is -0.526. The molecule has 0 radical (unpaired) electrons. The van der Waals surface area contributed by atoms with Crippen LogP contribution in [0, 0.1) is 10.1 Å². The standard InChI is InChI=1S/C18H15N3O4/c1-25-17-8-7-15(21(23)24)12-16(17)19-18(22)13-5-4-6-14(11-13)20-9-2-3-10-20/h2-12H,1H3,(H,19,22). The number of nitrogens with zero attached hydrogens (tertiary/aromatic N) is 2. The second-order valence-corrected chi connectivity index (χ2v) is 5.24. The minimum Gasteiger partial charge on any atom is -0.495 e. The first kappa shape index (κ1) is 16.3. The van der Waals surface area contributed by atoms with Crippen LogP contribution in [0.4, 0.5) is 11.4 Å². The molecule has 0 atom stereocenters. The van der Waals surface area contributed by atoms with Gasteiger partial charge in [-0.1, -0.05) is 6.07 Å². The van der Waals surface area contributed by atoms with E-state index >= 15 is 0 Å². The predicted molar refractivity (Wildman–Crippen MR) is 93.4 cm³/mol. The van der Waals surface area contributed by atoms with Crippen LogP contribution in [-0.2, 0) is 0 Å². The summed E-state index contributed by atoms with van der Waals surface area (Å²) in [7, 11) is 1.43. The maximum absolute atomic E-state index is 12.5. The third kappa shape index (κ3) is 3.50. The quantitative estimate of drug-likeness (QED) is 0.569. The minimum absolute atomic E-state index is 0.128. The van der Waals surface area contributed by atoms with Crippen molar-refractivity contribution in [3.8, 4) is 11.4 Å². The van der Waals surface area contributed by atoms with E-state index in [9.17, 15) is 14.9 Å². The lowest BCUT2D eigenvalue weighted by molar-refractivity contribution is -0.384. The van der Waals surface area contributed by atoms with E-state index in [0.29, 0.717) is 11.3 Å².